The van der Waals surface area contributed by atoms with Crippen molar-refractivity contribution >= 4 is 21.6 Å². The Morgan fingerprint density at radius 1 is 1.30 bits per heavy atom. The Labute approximate surface area is 120 Å². The van der Waals surface area contributed by atoms with Crippen LogP contribution in [0.4, 0.5) is 5.69 Å². The second-order valence-electron chi connectivity index (χ2n) is 4.71. The average molecular weight is 296 g/mol. The van der Waals surface area contributed by atoms with Gasteiger partial charge in [0.15, 0.2) is 0 Å². The van der Waals surface area contributed by atoms with Gasteiger partial charge in [-0.1, -0.05) is 12.1 Å². The van der Waals surface area contributed by atoms with Gasteiger partial charge in [0.25, 0.3) is 0 Å². The van der Waals surface area contributed by atoms with Crippen LogP contribution in [0.25, 0.3) is 0 Å². The molecule has 0 unspecified atom stereocenters. The third-order valence-corrected chi connectivity index (χ3v) is 3.77. The second-order valence-corrected chi connectivity index (χ2v) is 6.62. The van der Waals surface area contributed by atoms with Gasteiger partial charge in [0.2, 0.25) is 15.9 Å². The van der Waals surface area contributed by atoms with E-state index in [1.54, 1.807) is 18.2 Å². The molecular formula is C14H20N2O3S. The first-order valence-electron chi connectivity index (χ1n) is 6.17. The van der Waals surface area contributed by atoms with E-state index in [2.05, 4.69) is 11.9 Å². The first-order chi connectivity index (χ1) is 9.24. The van der Waals surface area contributed by atoms with E-state index in [4.69, 9.17) is 0 Å². The third-order valence-electron chi connectivity index (χ3n) is 2.63. The van der Waals surface area contributed by atoms with Crippen LogP contribution >= 0.6 is 0 Å². The number of carbonyl (C=O) groups excluding carboxylic acids is 1. The van der Waals surface area contributed by atoms with Crippen LogP contribution in [-0.2, 0) is 14.8 Å². The van der Waals surface area contributed by atoms with E-state index in [0.29, 0.717) is 12.2 Å². The molecular weight excluding hydrogens is 276 g/mol. The van der Waals surface area contributed by atoms with Crippen molar-refractivity contribution in [1.82, 2.24) is 5.32 Å². The predicted octanol–water partition coefficient (Wildman–Crippen LogP) is 1.37. The Morgan fingerprint density at radius 2 is 1.85 bits per heavy atom. The van der Waals surface area contributed by atoms with E-state index < -0.39 is 10.0 Å². The minimum absolute atomic E-state index is 0.241. The van der Waals surface area contributed by atoms with E-state index in [0.717, 1.165) is 21.7 Å². The number of aryl methyl sites for hydroxylation is 2. The SMILES string of the molecule is C=CCNC(=O)CN(c1cc(C)cc(C)c1)S(C)(=O)=O. The van der Waals surface area contributed by atoms with Crippen molar-refractivity contribution < 1.29 is 13.2 Å². The fourth-order valence-electron chi connectivity index (χ4n) is 1.87. The van der Waals surface area contributed by atoms with E-state index >= 15 is 0 Å². The highest BCUT2D eigenvalue weighted by Crippen LogP contribution is 2.20. The molecule has 0 fully saturated rings. The zero-order chi connectivity index (χ0) is 15.3. The average Bonchev–Trinajstić information content (AvgIpc) is 2.30. The summed E-state index contributed by atoms with van der Waals surface area (Å²) in [6.45, 7) is 7.33. The number of nitrogens with one attached hydrogen (secondary N) is 1. The predicted molar refractivity (Wildman–Crippen MR) is 81.3 cm³/mol. The van der Waals surface area contributed by atoms with Crippen LogP contribution < -0.4 is 9.62 Å². The van der Waals surface area contributed by atoms with Gasteiger partial charge in [0.1, 0.15) is 6.54 Å². The lowest BCUT2D eigenvalue weighted by molar-refractivity contribution is -0.119. The summed E-state index contributed by atoms with van der Waals surface area (Å²) in [6.07, 6.45) is 2.63. The van der Waals surface area contributed by atoms with E-state index in [1.807, 2.05) is 19.9 Å². The van der Waals surface area contributed by atoms with Crippen LogP contribution in [0.15, 0.2) is 30.9 Å². The molecule has 1 rings (SSSR count). The molecule has 0 saturated heterocycles. The molecule has 1 N–H and O–H groups in total. The Morgan fingerprint density at radius 3 is 2.30 bits per heavy atom. The first-order valence-corrected chi connectivity index (χ1v) is 8.02. The van der Waals surface area contributed by atoms with Crippen molar-refractivity contribution in [3.05, 3.63) is 42.0 Å². The summed E-state index contributed by atoms with van der Waals surface area (Å²) in [5, 5.41) is 2.57. The molecule has 0 spiro atoms. The molecule has 0 radical (unpaired) electrons. The first kappa shape index (κ1) is 16.2. The highest BCUT2D eigenvalue weighted by atomic mass is 32.2. The third kappa shape index (κ3) is 4.70. The van der Waals surface area contributed by atoms with Crippen molar-refractivity contribution in [1.29, 1.82) is 0 Å². The number of benzene rings is 1. The maximum atomic E-state index is 11.9. The topological polar surface area (TPSA) is 66.5 Å². The molecule has 0 aliphatic rings. The van der Waals surface area contributed by atoms with Crippen LogP contribution in [-0.4, -0.2) is 33.7 Å². The fourth-order valence-corrected chi connectivity index (χ4v) is 2.71. The second kappa shape index (κ2) is 6.56. The zero-order valence-corrected chi connectivity index (χ0v) is 12.8. The molecule has 1 aromatic carbocycles. The smallest absolute Gasteiger partial charge is 0.241 e. The summed E-state index contributed by atoms with van der Waals surface area (Å²) >= 11 is 0. The summed E-state index contributed by atoms with van der Waals surface area (Å²) in [4.78, 5) is 11.7. The molecule has 6 heteroatoms. The highest BCUT2D eigenvalue weighted by Gasteiger charge is 2.20. The number of sulfonamides is 1. The molecule has 0 bridgehead atoms. The lowest BCUT2D eigenvalue weighted by Gasteiger charge is -2.22. The maximum absolute atomic E-state index is 11.9. The largest absolute Gasteiger partial charge is 0.351 e. The van der Waals surface area contributed by atoms with Crippen LogP contribution in [0.5, 0.6) is 0 Å². The van der Waals surface area contributed by atoms with Crippen molar-refractivity contribution in [2.24, 2.45) is 0 Å². The van der Waals surface area contributed by atoms with Crippen LogP contribution in [0.3, 0.4) is 0 Å². The van der Waals surface area contributed by atoms with Crippen LogP contribution in [0.2, 0.25) is 0 Å². The number of rotatable bonds is 6. The highest BCUT2D eigenvalue weighted by molar-refractivity contribution is 7.92. The molecule has 0 atom stereocenters. The van der Waals surface area contributed by atoms with Gasteiger partial charge in [-0.3, -0.25) is 9.10 Å². The number of hydrogen-bond donors (Lipinski definition) is 1. The molecule has 0 heterocycles. The van der Waals surface area contributed by atoms with Gasteiger partial charge in [-0.15, -0.1) is 6.58 Å². The summed E-state index contributed by atoms with van der Waals surface area (Å²) in [5.41, 5.74) is 2.39. The van der Waals surface area contributed by atoms with Crippen LogP contribution in [0.1, 0.15) is 11.1 Å². The Kier molecular flexibility index (Phi) is 5.33. The molecule has 0 aromatic heterocycles. The monoisotopic (exact) mass is 296 g/mol. The van der Waals surface area contributed by atoms with Crippen molar-refractivity contribution in [3.63, 3.8) is 0 Å². The van der Waals surface area contributed by atoms with Gasteiger partial charge in [-0.25, -0.2) is 8.42 Å². The Hall–Kier alpha value is -1.82. The molecule has 1 aromatic rings. The summed E-state index contributed by atoms with van der Waals surface area (Å²) in [6, 6.07) is 5.44. The van der Waals surface area contributed by atoms with E-state index in [9.17, 15) is 13.2 Å². The molecule has 0 saturated carbocycles. The van der Waals surface area contributed by atoms with Gasteiger partial charge < -0.3 is 5.32 Å². The number of anilines is 1. The van der Waals surface area contributed by atoms with Crippen molar-refractivity contribution in [2.45, 2.75) is 13.8 Å². The number of hydrogen-bond acceptors (Lipinski definition) is 3. The van der Waals surface area contributed by atoms with Gasteiger partial charge in [-0.05, 0) is 37.1 Å². The van der Waals surface area contributed by atoms with Gasteiger partial charge in [0.05, 0.1) is 11.9 Å². The van der Waals surface area contributed by atoms with E-state index in [1.165, 1.54) is 0 Å². The van der Waals surface area contributed by atoms with Gasteiger partial charge in [0, 0.05) is 6.54 Å². The Bertz CT molecular complexity index is 589. The standard InChI is InChI=1S/C14H20N2O3S/c1-5-6-15-14(17)10-16(20(4,18)19)13-8-11(2)7-12(3)9-13/h5,7-9H,1,6,10H2,2-4H3,(H,15,17). The summed E-state index contributed by atoms with van der Waals surface area (Å²) in [5.74, 6) is -0.366. The number of amides is 1. The van der Waals surface area contributed by atoms with Crippen molar-refractivity contribution in [2.75, 3.05) is 23.7 Å². The molecule has 20 heavy (non-hydrogen) atoms. The Balaban J connectivity index is 3.07. The summed E-state index contributed by atoms with van der Waals surface area (Å²) < 4.78 is 24.9. The minimum Gasteiger partial charge on any atom is -0.351 e. The van der Waals surface area contributed by atoms with Crippen LogP contribution in [0, 0.1) is 13.8 Å². The van der Waals surface area contributed by atoms with Gasteiger partial charge in [-0.2, -0.15) is 0 Å². The van der Waals surface area contributed by atoms with E-state index in [-0.39, 0.29) is 12.5 Å². The number of carbonyl (C=O) groups is 1. The summed E-state index contributed by atoms with van der Waals surface area (Å²) in [7, 11) is -3.52. The molecule has 110 valence electrons. The molecule has 5 nitrogen and oxygen atoms in total. The van der Waals surface area contributed by atoms with Gasteiger partial charge >= 0.3 is 0 Å². The normalized spacial score (nSPS) is 10.9. The number of nitrogens with zero attached hydrogens (tertiary/aromatic N) is 1. The zero-order valence-electron chi connectivity index (χ0n) is 12.0. The fraction of sp³-hybridized carbons (Fsp3) is 0.357. The minimum atomic E-state index is -3.52. The quantitative estimate of drug-likeness (QED) is 0.806. The maximum Gasteiger partial charge on any atom is 0.241 e. The lowest BCUT2D eigenvalue weighted by Crippen LogP contribution is -2.40. The lowest BCUT2D eigenvalue weighted by atomic mass is 10.1. The molecule has 0 aliphatic heterocycles. The molecule has 0 aliphatic carbocycles. The van der Waals surface area contributed by atoms with Crippen molar-refractivity contribution in [3.8, 4) is 0 Å². The molecule has 1 amide bonds.